The van der Waals surface area contributed by atoms with Crippen molar-refractivity contribution in [1.82, 2.24) is 29.9 Å². The van der Waals surface area contributed by atoms with Gasteiger partial charge in [0.15, 0.2) is 37.9 Å². The SMILES string of the molecule is c1ccc(-c2cc(-c3cc[n+](Cc4ccc(Cc5ccc(C[n+]6ccc(-c7cc(-c8ccccn8)nc(-c8ccccn8)c7)cc6)cc5)cc4)cc3)cc(-c3ccccn3)n2)nc1. The third-order valence-electron chi connectivity index (χ3n) is 11.0. The Morgan fingerprint density at radius 1 is 0.286 bits per heavy atom. The van der Waals surface area contributed by atoms with E-state index >= 15 is 0 Å². The number of aromatic nitrogens is 8. The van der Waals surface area contributed by atoms with E-state index in [9.17, 15) is 0 Å². The fourth-order valence-electron chi connectivity index (χ4n) is 7.67. The minimum Gasteiger partial charge on any atom is -0.255 e. The third-order valence-corrected chi connectivity index (χ3v) is 11.0. The molecular formula is C55H42N8+2. The van der Waals surface area contributed by atoms with Crippen LogP contribution in [0.3, 0.4) is 0 Å². The smallest absolute Gasteiger partial charge is 0.173 e. The maximum absolute atomic E-state index is 4.92. The van der Waals surface area contributed by atoms with Gasteiger partial charge in [-0.3, -0.25) is 19.9 Å². The predicted octanol–water partition coefficient (Wildman–Crippen LogP) is 10.3. The number of hydrogen-bond donors (Lipinski definition) is 0. The van der Waals surface area contributed by atoms with Crippen molar-refractivity contribution in [3.63, 3.8) is 0 Å². The van der Waals surface area contributed by atoms with Crippen molar-refractivity contribution in [3.05, 3.63) is 242 Å². The average Bonchev–Trinajstić information content (AvgIpc) is 3.36. The second-order valence-corrected chi connectivity index (χ2v) is 15.4. The predicted molar refractivity (Wildman–Crippen MR) is 247 cm³/mol. The van der Waals surface area contributed by atoms with E-state index in [2.05, 4.69) is 151 Å². The van der Waals surface area contributed by atoms with Crippen molar-refractivity contribution in [2.75, 3.05) is 0 Å². The van der Waals surface area contributed by atoms with E-state index in [4.69, 9.17) is 9.97 Å². The Morgan fingerprint density at radius 2 is 0.587 bits per heavy atom. The lowest BCUT2D eigenvalue weighted by Gasteiger charge is -2.09. The van der Waals surface area contributed by atoms with Crippen LogP contribution in [-0.4, -0.2) is 29.9 Å². The van der Waals surface area contributed by atoms with Crippen LogP contribution >= 0.6 is 0 Å². The normalized spacial score (nSPS) is 11.0. The maximum Gasteiger partial charge on any atom is 0.173 e. The van der Waals surface area contributed by atoms with E-state index in [0.29, 0.717) is 0 Å². The van der Waals surface area contributed by atoms with Crippen LogP contribution in [0.4, 0.5) is 0 Å². The van der Waals surface area contributed by atoms with Gasteiger partial charge < -0.3 is 0 Å². The van der Waals surface area contributed by atoms with Crippen LogP contribution in [0.15, 0.2) is 219 Å². The first-order valence-electron chi connectivity index (χ1n) is 21.0. The van der Waals surface area contributed by atoms with Gasteiger partial charge >= 0.3 is 0 Å². The highest BCUT2D eigenvalue weighted by Gasteiger charge is 2.14. The van der Waals surface area contributed by atoms with Crippen LogP contribution in [-0.2, 0) is 19.5 Å². The van der Waals surface area contributed by atoms with Gasteiger partial charge in [-0.1, -0.05) is 72.8 Å². The van der Waals surface area contributed by atoms with E-state index in [-0.39, 0.29) is 0 Å². The molecule has 0 amide bonds. The molecule has 0 radical (unpaired) electrons. The molecule has 8 aromatic heterocycles. The van der Waals surface area contributed by atoms with E-state index in [1.807, 2.05) is 72.8 Å². The third kappa shape index (κ3) is 9.36. The number of pyridine rings is 8. The fourth-order valence-corrected chi connectivity index (χ4v) is 7.67. The summed E-state index contributed by atoms with van der Waals surface area (Å²) in [6, 6.07) is 58.5. The fraction of sp³-hybridized carbons (Fsp3) is 0.0545. The van der Waals surface area contributed by atoms with Crippen molar-refractivity contribution < 1.29 is 9.13 Å². The molecule has 0 fully saturated rings. The van der Waals surface area contributed by atoms with Gasteiger partial charge in [0.2, 0.25) is 0 Å². The van der Waals surface area contributed by atoms with Gasteiger partial charge in [0, 0.05) is 60.2 Å². The zero-order valence-electron chi connectivity index (χ0n) is 34.5. The Bertz CT molecular complexity index is 2740. The molecule has 10 rings (SSSR count). The van der Waals surface area contributed by atoms with Crippen molar-refractivity contribution in [2.24, 2.45) is 0 Å². The summed E-state index contributed by atoms with van der Waals surface area (Å²) in [6.45, 7) is 1.56. The highest BCUT2D eigenvalue weighted by molar-refractivity contribution is 5.75. The molecule has 0 aliphatic heterocycles. The summed E-state index contributed by atoms with van der Waals surface area (Å²) in [5.41, 5.74) is 16.0. The molecule has 0 unspecified atom stereocenters. The molecule has 8 heteroatoms. The van der Waals surface area contributed by atoms with Crippen LogP contribution in [0.1, 0.15) is 22.3 Å². The lowest BCUT2D eigenvalue weighted by atomic mass is 10.0. The monoisotopic (exact) mass is 814 g/mol. The Labute approximate surface area is 366 Å². The molecule has 10 aromatic rings. The van der Waals surface area contributed by atoms with Gasteiger partial charge in [0.05, 0.1) is 45.6 Å². The standard InChI is InChI=1S/C55H42N8/c1-5-25-56-48(9-1)52-34-46(35-53(60-52)49-10-2-6-26-57-49)44-21-29-62(30-22-44)38-42-17-13-40(14-18-42)33-41-15-19-43(20-16-41)39-63-31-23-45(24-32-63)47-36-54(50-11-3-7-27-58-50)61-55(37-47)51-12-4-8-28-59-51/h1-32,34-37H,33,38-39H2/q+2. The first-order valence-corrected chi connectivity index (χ1v) is 21.0. The van der Waals surface area contributed by atoms with Crippen molar-refractivity contribution in [2.45, 2.75) is 19.5 Å². The average molecular weight is 815 g/mol. The topological polar surface area (TPSA) is 85.1 Å². The van der Waals surface area contributed by atoms with Gasteiger partial charge in [0.25, 0.3) is 0 Å². The van der Waals surface area contributed by atoms with Gasteiger partial charge in [-0.05, 0) is 113 Å². The zero-order chi connectivity index (χ0) is 42.2. The van der Waals surface area contributed by atoms with Crippen LogP contribution in [0.5, 0.6) is 0 Å². The largest absolute Gasteiger partial charge is 0.255 e. The van der Waals surface area contributed by atoms with Gasteiger partial charge in [0.1, 0.15) is 0 Å². The van der Waals surface area contributed by atoms with Crippen LogP contribution in [0, 0.1) is 0 Å². The molecule has 0 bridgehead atoms. The second kappa shape index (κ2) is 18.1. The molecular weight excluding hydrogens is 773 g/mol. The molecule has 0 saturated carbocycles. The molecule has 0 N–H and O–H groups in total. The Morgan fingerprint density at radius 3 is 0.873 bits per heavy atom. The summed E-state index contributed by atoms with van der Waals surface area (Å²) >= 11 is 0. The van der Waals surface area contributed by atoms with Gasteiger partial charge in [-0.2, -0.15) is 0 Å². The Hall–Kier alpha value is -8.36. The summed E-state index contributed by atoms with van der Waals surface area (Å²) in [6.07, 6.45) is 16.6. The summed E-state index contributed by atoms with van der Waals surface area (Å²) in [5, 5.41) is 0. The molecule has 0 saturated heterocycles. The zero-order valence-corrected chi connectivity index (χ0v) is 34.5. The molecule has 2 aromatic carbocycles. The lowest BCUT2D eigenvalue weighted by Crippen LogP contribution is -2.33. The molecule has 8 nitrogen and oxygen atoms in total. The van der Waals surface area contributed by atoms with E-state index < -0.39 is 0 Å². The first-order chi connectivity index (χ1) is 31.1. The van der Waals surface area contributed by atoms with Crippen molar-refractivity contribution >= 4 is 0 Å². The molecule has 63 heavy (non-hydrogen) atoms. The van der Waals surface area contributed by atoms with E-state index in [1.165, 1.54) is 22.3 Å². The highest BCUT2D eigenvalue weighted by atomic mass is 14.9. The second-order valence-electron chi connectivity index (χ2n) is 15.4. The minimum atomic E-state index is 0.781. The molecule has 0 aliphatic carbocycles. The molecule has 0 spiro atoms. The number of benzene rings is 2. The Balaban J connectivity index is 0.774. The molecule has 0 atom stereocenters. The molecule has 0 aliphatic rings. The van der Waals surface area contributed by atoms with Gasteiger partial charge in [-0.15, -0.1) is 0 Å². The summed E-state index contributed by atoms with van der Waals surface area (Å²) in [5.74, 6) is 0. The van der Waals surface area contributed by atoms with Crippen LogP contribution in [0.25, 0.3) is 67.8 Å². The Kier molecular flexibility index (Phi) is 11.1. The molecule has 300 valence electrons. The first kappa shape index (κ1) is 38.8. The minimum absolute atomic E-state index is 0.781. The maximum atomic E-state index is 4.92. The summed E-state index contributed by atoms with van der Waals surface area (Å²) < 4.78 is 4.42. The van der Waals surface area contributed by atoms with Crippen LogP contribution < -0.4 is 9.13 Å². The lowest BCUT2D eigenvalue weighted by molar-refractivity contribution is -0.688. The molecule has 8 heterocycles. The van der Waals surface area contributed by atoms with E-state index in [1.54, 1.807) is 24.8 Å². The number of nitrogens with zero attached hydrogens (tertiary/aromatic N) is 8. The number of rotatable bonds is 12. The quantitative estimate of drug-likeness (QED) is 0.114. The summed E-state index contributed by atoms with van der Waals surface area (Å²) in [4.78, 5) is 28.1. The van der Waals surface area contributed by atoms with Crippen LogP contribution in [0.2, 0.25) is 0 Å². The van der Waals surface area contributed by atoms with Crippen molar-refractivity contribution in [3.8, 4) is 67.8 Å². The van der Waals surface area contributed by atoms with E-state index in [0.717, 1.165) is 87.3 Å². The van der Waals surface area contributed by atoms with Crippen molar-refractivity contribution in [1.29, 1.82) is 0 Å². The number of hydrogen-bond acceptors (Lipinski definition) is 6. The summed E-state index contributed by atoms with van der Waals surface area (Å²) in [7, 11) is 0. The van der Waals surface area contributed by atoms with Gasteiger partial charge in [-0.25, -0.2) is 19.1 Å². The highest BCUT2D eigenvalue weighted by Crippen LogP contribution is 2.30.